The van der Waals surface area contributed by atoms with Crippen molar-refractivity contribution in [1.29, 1.82) is 0 Å². The average Bonchev–Trinajstić information content (AvgIpc) is 2.58. The van der Waals surface area contributed by atoms with E-state index >= 15 is 0 Å². The molecule has 0 aliphatic heterocycles. The van der Waals surface area contributed by atoms with Gasteiger partial charge < -0.3 is 9.64 Å². The Morgan fingerprint density at radius 2 is 1.83 bits per heavy atom. The van der Waals surface area contributed by atoms with Crippen molar-refractivity contribution in [3.63, 3.8) is 0 Å². The number of ether oxygens (including phenoxy) is 1. The summed E-state index contributed by atoms with van der Waals surface area (Å²) in [5.74, 6) is 1.51. The Labute approximate surface area is 137 Å². The quantitative estimate of drug-likeness (QED) is 0.753. The van der Waals surface area contributed by atoms with Crippen molar-refractivity contribution >= 4 is 12.0 Å². The van der Waals surface area contributed by atoms with Crippen LogP contribution in [0, 0.1) is 0 Å². The first-order valence-electron chi connectivity index (χ1n) is 7.79. The van der Waals surface area contributed by atoms with Crippen molar-refractivity contribution in [2.24, 2.45) is 0 Å². The largest absolute Gasteiger partial charge is 0.456 e. The molecule has 2 aromatic rings. The third-order valence-corrected chi connectivity index (χ3v) is 3.52. The molecule has 1 heterocycles. The maximum atomic E-state index is 12.2. The van der Waals surface area contributed by atoms with E-state index in [1.807, 2.05) is 68.1 Å². The summed E-state index contributed by atoms with van der Waals surface area (Å²) in [4.78, 5) is 18.1. The highest BCUT2D eigenvalue weighted by Crippen LogP contribution is 2.21. The van der Waals surface area contributed by atoms with Crippen LogP contribution in [0.25, 0.3) is 6.08 Å². The van der Waals surface area contributed by atoms with Crippen molar-refractivity contribution in [2.45, 2.75) is 20.8 Å². The summed E-state index contributed by atoms with van der Waals surface area (Å²) in [7, 11) is 0. The molecular formula is C19H22N2O2. The molecule has 0 aliphatic carbocycles. The van der Waals surface area contributed by atoms with Crippen LogP contribution in [0.4, 0.5) is 0 Å². The first-order valence-corrected chi connectivity index (χ1v) is 7.79. The zero-order valence-corrected chi connectivity index (χ0v) is 13.8. The Hall–Kier alpha value is -2.62. The number of carbonyl (C=O) groups excluding carboxylic acids is 1. The fourth-order valence-corrected chi connectivity index (χ4v) is 2.25. The average molecular weight is 310 g/mol. The Morgan fingerprint density at radius 1 is 1.13 bits per heavy atom. The van der Waals surface area contributed by atoms with Gasteiger partial charge in [-0.1, -0.05) is 12.1 Å². The zero-order valence-electron chi connectivity index (χ0n) is 13.8. The fourth-order valence-electron chi connectivity index (χ4n) is 2.25. The first kappa shape index (κ1) is 16.7. The second kappa shape index (κ2) is 8.13. The molecule has 0 atom stereocenters. The van der Waals surface area contributed by atoms with Crippen LogP contribution >= 0.6 is 0 Å². The smallest absolute Gasteiger partial charge is 0.249 e. The van der Waals surface area contributed by atoms with Gasteiger partial charge in [-0.25, -0.2) is 0 Å². The van der Waals surface area contributed by atoms with Crippen molar-refractivity contribution in [3.05, 3.63) is 59.9 Å². The maximum absolute atomic E-state index is 12.2. The number of carbonyl (C=O) groups is 1. The minimum atomic E-state index is 0.0747. The summed E-state index contributed by atoms with van der Waals surface area (Å²) in [5.41, 5.74) is 1.70. The molecule has 23 heavy (non-hydrogen) atoms. The normalized spacial score (nSPS) is 11.2. The van der Waals surface area contributed by atoms with Crippen LogP contribution in [0.2, 0.25) is 0 Å². The summed E-state index contributed by atoms with van der Waals surface area (Å²) in [5, 5.41) is 0. The standard InChI is InChI=1S/C19H22N2O2/c1-4-21(5-2)19(22)15(3)13-16-8-10-17(11-9-16)23-18-7-6-12-20-14-18/h6-14H,4-5H2,1-3H3/b15-13+. The molecule has 1 aromatic carbocycles. The Kier molecular flexibility index (Phi) is 5.92. The summed E-state index contributed by atoms with van der Waals surface area (Å²) in [6.45, 7) is 7.26. The second-order valence-electron chi connectivity index (χ2n) is 5.16. The molecule has 120 valence electrons. The third-order valence-electron chi connectivity index (χ3n) is 3.52. The van der Waals surface area contributed by atoms with E-state index in [0.717, 1.165) is 30.0 Å². The molecule has 0 aliphatic rings. The molecule has 4 nitrogen and oxygen atoms in total. The minimum Gasteiger partial charge on any atom is -0.456 e. The highest BCUT2D eigenvalue weighted by Gasteiger charge is 2.11. The van der Waals surface area contributed by atoms with Crippen LogP contribution in [0.1, 0.15) is 26.3 Å². The van der Waals surface area contributed by atoms with Gasteiger partial charge in [-0.05, 0) is 56.7 Å². The minimum absolute atomic E-state index is 0.0747. The van der Waals surface area contributed by atoms with E-state index in [9.17, 15) is 4.79 Å². The van der Waals surface area contributed by atoms with E-state index in [1.165, 1.54) is 0 Å². The molecule has 0 bridgehead atoms. The lowest BCUT2D eigenvalue weighted by molar-refractivity contribution is -0.126. The number of pyridine rings is 1. The highest BCUT2D eigenvalue weighted by atomic mass is 16.5. The van der Waals surface area contributed by atoms with E-state index in [2.05, 4.69) is 4.98 Å². The lowest BCUT2D eigenvalue weighted by Crippen LogP contribution is -2.30. The first-order chi connectivity index (χ1) is 11.1. The van der Waals surface area contributed by atoms with Gasteiger partial charge in [0.15, 0.2) is 0 Å². The number of hydrogen-bond donors (Lipinski definition) is 0. The molecule has 4 heteroatoms. The van der Waals surface area contributed by atoms with Crippen molar-refractivity contribution in [2.75, 3.05) is 13.1 Å². The van der Waals surface area contributed by atoms with Gasteiger partial charge in [0.1, 0.15) is 11.5 Å². The van der Waals surface area contributed by atoms with Gasteiger partial charge in [0.2, 0.25) is 5.91 Å². The number of benzene rings is 1. The Morgan fingerprint density at radius 3 is 2.39 bits per heavy atom. The molecule has 1 amide bonds. The molecule has 2 rings (SSSR count). The number of rotatable bonds is 6. The Balaban J connectivity index is 2.07. The van der Waals surface area contributed by atoms with Crippen molar-refractivity contribution in [3.8, 4) is 11.5 Å². The van der Waals surface area contributed by atoms with E-state index in [1.54, 1.807) is 12.4 Å². The van der Waals surface area contributed by atoms with E-state index in [4.69, 9.17) is 4.74 Å². The second-order valence-corrected chi connectivity index (χ2v) is 5.16. The number of aromatic nitrogens is 1. The van der Waals surface area contributed by atoms with E-state index in [-0.39, 0.29) is 5.91 Å². The summed E-state index contributed by atoms with van der Waals surface area (Å²) < 4.78 is 5.70. The van der Waals surface area contributed by atoms with Gasteiger partial charge >= 0.3 is 0 Å². The fraction of sp³-hybridized carbons (Fsp3) is 0.263. The van der Waals surface area contributed by atoms with E-state index < -0.39 is 0 Å². The maximum Gasteiger partial charge on any atom is 0.249 e. The molecule has 0 spiro atoms. The van der Waals surface area contributed by atoms with Crippen molar-refractivity contribution in [1.82, 2.24) is 9.88 Å². The van der Waals surface area contributed by atoms with Gasteiger partial charge in [0.05, 0.1) is 6.20 Å². The summed E-state index contributed by atoms with van der Waals surface area (Å²) >= 11 is 0. The van der Waals surface area contributed by atoms with Crippen molar-refractivity contribution < 1.29 is 9.53 Å². The number of likely N-dealkylation sites (N-methyl/N-ethyl adjacent to an activating group) is 1. The van der Waals surface area contributed by atoms with Gasteiger partial charge in [-0.2, -0.15) is 0 Å². The van der Waals surface area contributed by atoms with Crippen LogP contribution in [-0.4, -0.2) is 28.9 Å². The number of amides is 1. The number of hydrogen-bond acceptors (Lipinski definition) is 3. The van der Waals surface area contributed by atoms with Crippen LogP contribution in [0.3, 0.4) is 0 Å². The lowest BCUT2D eigenvalue weighted by Gasteiger charge is -2.18. The zero-order chi connectivity index (χ0) is 16.7. The lowest BCUT2D eigenvalue weighted by atomic mass is 10.1. The van der Waals surface area contributed by atoms with E-state index in [0.29, 0.717) is 5.75 Å². The molecule has 0 fully saturated rings. The topological polar surface area (TPSA) is 42.4 Å². The summed E-state index contributed by atoms with van der Waals surface area (Å²) in [6.07, 6.45) is 5.27. The molecule has 0 saturated carbocycles. The third kappa shape index (κ3) is 4.68. The highest BCUT2D eigenvalue weighted by molar-refractivity contribution is 5.97. The number of nitrogens with zero attached hydrogens (tertiary/aromatic N) is 2. The molecule has 1 aromatic heterocycles. The molecular weight excluding hydrogens is 288 g/mol. The van der Waals surface area contributed by atoms with Crippen LogP contribution in [0.5, 0.6) is 11.5 Å². The summed E-state index contributed by atoms with van der Waals surface area (Å²) in [6, 6.07) is 11.3. The van der Waals surface area contributed by atoms with Crippen LogP contribution < -0.4 is 4.74 Å². The van der Waals surface area contributed by atoms with Crippen LogP contribution in [-0.2, 0) is 4.79 Å². The molecule has 0 unspecified atom stereocenters. The van der Waals surface area contributed by atoms with Gasteiger partial charge in [-0.3, -0.25) is 9.78 Å². The molecule has 0 saturated heterocycles. The van der Waals surface area contributed by atoms with Gasteiger partial charge in [0.25, 0.3) is 0 Å². The SMILES string of the molecule is CCN(CC)C(=O)/C(C)=C/c1ccc(Oc2cccnc2)cc1. The van der Waals surface area contributed by atoms with Crippen LogP contribution in [0.15, 0.2) is 54.4 Å². The predicted octanol–water partition coefficient (Wildman–Crippen LogP) is 4.15. The molecule has 0 radical (unpaired) electrons. The monoisotopic (exact) mass is 310 g/mol. The Bertz CT molecular complexity index is 660. The van der Waals surface area contributed by atoms with Gasteiger partial charge in [-0.15, -0.1) is 0 Å². The molecule has 0 N–H and O–H groups in total. The predicted molar refractivity (Wildman–Crippen MR) is 92.3 cm³/mol. The van der Waals surface area contributed by atoms with Gasteiger partial charge in [0, 0.05) is 24.9 Å².